The van der Waals surface area contributed by atoms with E-state index in [1.54, 1.807) is 0 Å². The zero-order valence-corrected chi connectivity index (χ0v) is 10.3. The van der Waals surface area contributed by atoms with Crippen LogP contribution in [-0.4, -0.2) is 29.6 Å². The van der Waals surface area contributed by atoms with Gasteiger partial charge in [-0.1, -0.05) is 18.2 Å². The summed E-state index contributed by atoms with van der Waals surface area (Å²) >= 11 is 0. The van der Waals surface area contributed by atoms with E-state index in [1.807, 2.05) is 30.3 Å². The normalized spacial score (nSPS) is 35.2. The SMILES string of the molecule is OC1(c2cc3ccccc3o2)CCN2CCC1C2. The lowest BCUT2D eigenvalue weighted by Crippen LogP contribution is -2.43. The molecule has 0 spiro atoms. The molecule has 3 unspecified atom stereocenters. The minimum absolute atomic E-state index is 0.326. The molecule has 2 aliphatic rings. The van der Waals surface area contributed by atoms with Crippen LogP contribution < -0.4 is 0 Å². The second-order valence-electron chi connectivity index (χ2n) is 5.61. The topological polar surface area (TPSA) is 36.6 Å². The molecule has 3 nitrogen and oxygen atoms in total. The summed E-state index contributed by atoms with van der Waals surface area (Å²) in [5.74, 6) is 1.09. The van der Waals surface area contributed by atoms with Crippen LogP contribution >= 0.6 is 0 Å². The molecule has 0 radical (unpaired) electrons. The van der Waals surface area contributed by atoms with Gasteiger partial charge in [0, 0.05) is 24.4 Å². The van der Waals surface area contributed by atoms with Crippen molar-refractivity contribution < 1.29 is 9.52 Å². The largest absolute Gasteiger partial charge is 0.458 e. The van der Waals surface area contributed by atoms with E-state index in [2.05, 4.69) is 4.90 Å². The van der Waals surface area contributed by atoms with Crippen molar-refractivity contribution in [1.29, 1.82) is 0 Å². The van der Waals surface area contributed by atoms with Crippen LogP contribution in [0.15, 0.2) is 34.7 Å². The van der Waals surface area contributed by atoms with E-state index < -0.39 is 5.60 Å². The summed E-state index contributed by atoms with van der Waals surface area (Å²) < 4.78 is 5.89. The second kappa shape index (κ2) is 3.59. The summed E-state index contributed by atoms with van der Waals surface area (Å²) in [7, 11) is 0. The number of fused-ring (bicyclic) bond motifs is 3. The molecule has 2 fully saturated rings. The standard InChI is InChI=1S/C15H17NO2/c17-15(6-8-16-7-5-12(15)10-16)14-9-11-3-1-2-4-13(11)18-14/h1-4,9,12,17H,5-8,10H2. The third-order valence-electron chi connectivity index (χ3n) is 4.61. The minimum atomic E-state index is -0.758. The van der Waals surface area contributed by atoms with Crippen LogP contribution in [0.2, 0.25) is 0 Å². The molecule has 0 aliphatic carbocycles. The first-order chi connectivity index (χ1) is 8.75. The summed E-state index contributed by atoms with van der Waals surface area (Å²) in [5.41, 5.74) is 0.118. The first kappa shape index (κ1) is 10.6. The predicted octanol–water partition coefficient (Wildman–Crippen LogP) is 2.35. The molecule has 2 bridgehead atoms. The molecule has 94 valence electrons. The first-order valence-corrected chi connectivity index (χ1v) is 6.69. The lowest BCUT2D eigenvalue weighted by molar-refractivity contribution is -0.0653. The Labute approximate surface area is 106 Å². The van der Waals surface area contributed by atoms with E-state index in [0.717, 1.165) is 49.2 Å². The second-order valence-corrected chi connectivity index (χ2v) is 5.61. The van der Waals surface area contributed by atoms with Crippen LogP contribution in [0.3, 0.4) is 0 Å². The molecule has 3 heterocycles. The Balaban J connectivity index is 1.81. The van der Waals surface area contributed by atoms with E-state index >= 15 is 0 Å². The van der Waals surface area contributed by atoms with Crippen LogP contribution in [0.25, 0.3) is 11.0 Å². The Hall–Kier alpha value is -1.32. The van der Waals surface area contributed by atoms with E-state index in [9.17, 15) is 5.11 Å². The Morgan fingerprint density at radius 3 is 3.06 bits per heavy atom. The Bertz CT molecular complexity index is 558. The molecule has 1 N–H and O–H groups in total. The van der Waals surface area contributed by atoms with Gasteiger partial charge in [0.15, 0.2) is 0 Å². The van der Waals surface area contributed by atoms with Gasteiger partial charge in [-0.15, -0.1) is 0 Å². The molecule has 2 aromatic rings. The zero-order valence-electron chi connectivity index (χ0n) is 10.3. The van der Waals surface area contributed by atoms with Crippen molar-refractivity contribution >= 4 is 11.0 Å². The summed E-state index contributed by atoms with van der Waals surface area (Å²) in [4.78, 5) is 2.43. The van der Waals surface area contributed by atoms with Crippen molar-refractivity contribution in [3.8, 4) is 0 Å². The minimum Gasteiger partial charge on any atom is -0.458 e. The number of hydrogen-bond acceptors (Lipinski definition) is 3. The molecule has 18 heavy (non-hydrogen) atoms. The van der Waals surface area contributed by atoms with Crippen molar-refractivity contribution in [3.63, 3.8) is 0 Å². The van der Waals surface area contributed by atoms with Gasteiger partial charge in [-0.25, -0.2) is 0 Å². The third-order valence-corrected chi connectivity index (χ3v) is 4.61. The van der Waals surface area contributed by atoms with E-state index in [4.69, 9.17) is 4.42 Å². The number of rotatable bonds is 1. The number of aliphatic hydroxyl groups is 1. The smallest absolute Gasteiger partial charge is 0.137 e. The van der Waals surface area contributed by atoms with E-state index in [0.29, 0.717) is 5.92 Å². The van der Waals surface area contributed by atoms with Gasteiger partial charge in [0.05, 0.1) is 0 Å². The summed E-state index contributed by atoms with van der Waals surface area (Å²) in [6.07, 6.45) is 1.87. The van der Waals surface area contributed by atoms with Crippen LogP contribution in [0, 0.1) is 5.92 Å². The van der Waals surface area contributed by atoms with E-state index in [1.165, 1.54) is 0 Å². The van der Waals surface area contributed by atoms with Crippen LogP contribution in [0.1, 0.15) is 18.6 Å². The lowest BCUT2D eigenvalue weighted by atomic mass is 9.80. The zero-order chi connectivity index (χ0) is 12.2. The van der Waals surface area contributed by atoms with Gasteiger partial charge in [-0.3, -0.25) is 0 Å². The fraction of sp³-hybridized carbons (Fsp3) is 0.467. The fourth-order valence-corrected chi connectivity index (χ4v) is 3.48. The highest BCUT2D eigenvalue weighted by Crippen LogP contribution is 2.44. The Morgan fingerprint density at radius 1 is 1.28 bits per heavy atom. The molecule has 3 heteroatoms. The molecule has 2 aliphatic heterocycles. The van der Waals surface area contributed by atoms with Crippen LogP contribution in [0.5, 0.6) is 0 Å². The molecular formula is C15H17NO2. The van der Waals surface area contributed by atoms with Gasteiger partial charge < -0.3 is 14.4 Å². The monoisotopic (exact) mass is 243 g/mol. The molecule has 1 aromatic carbocycles. The molecule has 2 saturated heterocycles. The van der Waals surface area contributed by atoms with Gasteiger partial charge in [-0.2, -0.15) is 0 Å². The number of para-hydroxylation sites is 1. The highest BCUT2D eigenvalue weighted by molar-refractivity contribution is 5.77. The van der Waals surface area contributed by atoms with Gasteiger partial charge in [0.25, 0.3) is 0 Å². The van der Waals surface area contributed by atoms with Crippen molar-refractivity contribution in [2.45, 2.75) is 18.4 Å². The Kier molecular flexibility index (Phi) is 2.11. The fourth-order valence-electron chi connectivity index (χ4n) is 3.48. The molecule has 0 saturated carbocycles. The quantitative estimate of drug-likeness (QED) is 0.835. The number of furan rings is 1. The number of benzene rings is 1. The summed E-state index contributed by atoms with van der Waals surface area (Å²) in [6.45, 7) is 3.10. The maximum absolute atomic E-state index is 11.0. The molecule has 0 amide bonds. The number of nitrogens with zero attached hydrogens (tertiary/aromatic N) is 1. The third kappa shape index (κ3) is 1.38. The van der Waals surface area contributed by atoms with Crippen molar-refractivity contribution in [1.82, 2.24) is 4.90 Å². The van der Waals surface area contributed by atoms with Crippen LogP contribution in [-0.2, 0) is 5.60 Å². The van der Waals surface area contributed by atoms with Crippen molar-refractivity contribution in [2.75, 3.05) is 19.6 Å². The molecule has 4 rings (SSSR count). The molecular weight excluding hydrogens is 226 g/mol. The predicted molar refractivity (Wildman–Crippen MR) is 69.3 cm³/mol. The average Bonchev–Trinajstić information content (AvgIpc) is 3.00. The maximum atomic E-state index is 11.0. The average molecular weight is 243 g/mol. The first-order valence-electron chi connectivity index (χ1n) is 6.69. The maximum Gasteiger partial charge on any atom is 0.137 e. The van der Waals surface area contributed by atoms with Gasteiger partial charge in [0.2, 0.25) is 0 Å². The highest BCUT2D eigenvalue weighted by atomic mass is 16.4. The van der Waals surface area contributed by atoms with Crippen LogP contribution in [0.4, 0.5) is 0 Å². The van der Waals surface area contributed by atoms with Gasteiger partial charge in [0.1, 0.15) is 16.9 Å². The van der Waals surface area contributed by atoms with Gasteiger partial charge >= 0.3 is 0 Å². The van der Waals surface area contributed by atoms with Gasteiger partial charge in [-0.05, 0) is 31.5 Å². The van der Waals surface area contributed by atoms with Crippen molar-refractivity contribution in [2.24, 2.45) is 5.92 Å². The highest BCUT2D eigenvalue weighted by Gasteiger charge is 2.48. The number of hydrogen-bond donors (Lipinski definition) is 1. The summed E-state index contributed by atoms with van der Waals surface area (Å²) in [6, 6.07) is 9.99. The molecule has 3 atom stereocenters. The van der Waals surface area contributed by atoms with E-state index in [-0.39, 0.29) is 0 Å². The molecule has 1 aromatic heterocycles. The summed E-state index contributed by atoms with van der Waals surface area (Å²) in [5, 5.41) is 12.1. The Morgan fingerprint density at radius 2 is 2.17 bits per heavy atom. The lowest BCUT2D eigenvalue weighted by Gasteiger charge is -2.37. The van der Waals surface area contributed by atoms with Crippen molar-refractivity contribution in [3.05, 3.63) is 36.1 Å². The number of piperidine rings is 1.